The summed E-state index contributed by atoms with van der Waals surface area (Å²) in [6.45, 7) is 3.69. The summed E-state index contributed by atoms with van der Waals surface area (Å²) in [6, 6.07) is 15.3. The van der Waals surface area contributed by atoms with Crippen molar-refractivity contribution < 1.29 is 13.2 Å². The molecule has 3 aromatic carbocycles. The largest absolute Gasteiger partial charge is 0.416 e. The molecule has 0 aliphatic rings. The summed E-state index contributed by atoms with van der Waals surface area (Å²) >= 11 is 5.63. The maximum Gasteiger partial charge on any atom is 0.416 e. The fourth-order valence-electron chi connectivity index (χ4n) is 3.56. The molecule has 178 valence electrons. The molecule has 0 atom stereocenters. The smallest absolute Gasteiger partial charge is 0.306 e. The molecule has 0 bridgehead atoms. The van der Waals surface area contributed by atoms with Gasteiger partial charge in [0.1, 0.15) is 5.82 Å². The SMILES string of the molecule is Cc1cccc2c(=O)[nH]c(-c3cccc(C(F)(F)F)c3)nc12.Cc1cccc2c(=O)[nH]c(Cl)nc12. The van der Waals surface area contributed by atoms with Crippen molar-refractivity contribution in [2.45, 2.75) is 20.0 Å². The van der Waals surface area contributed by atoms with Gasteiger partial charge in [-0.1, -0.05) is 36.4 Å². The number of nitrogens with zero attached hydrogens (tertiary/aromatic N) is 2. The molecule has 2 heterocycles. The van der Waals surface area contributed by atoms with E-state index in [-0.39, 0.29) is 27.8 Å². The van der Waals surface area contributed by atoms with E-state index < -0.39 is 11.7 Å². The minimum atomic E-state index is -4.44. The first-order chi connectivity index (χ1) is 16.5. The summed E-state index contributed by atoms with van der Waals surface area (Å²) in [6.07, 6.45) is -4.44. The number of aryl methyl sites for hydroxylation is 2. The number of aromatic nitrogens is 4. The predicted molar refractivity (Wildman–Crippen MR) is 130 cm³/mol. The summed E-state index contributed by atoms with van der Waals surface area (Å²) < 4.78 is 38.4. The maximum absolute atomic E-state index is 12.8. The highest BCUT2D eigenvalue weighted by Crippen LogP contribution is 2.31. The number of nitrogens with one attached hydrogen (secondary N) is 2. The van der Waals surface area contributed by atoms with Gasteiger partial charge in [-0.3, -0.25) is 14.6 Å². The highest BCUT2D eigenvalue weighted by molar-refractivity contribution is 6.28. The number of aromatic amines is 2. The minimum absolute atomic E-state index is 0.123. The number of fused-ring (bicyclic) bond motifs is 2. The van der Waals surface area contributed by atoms with E-state index in [1.165, 1.54) is 12.1 Å². The van der Waals surface area contributed by atoms with Crippen LogP contribution in [0, 0.1) is 13.8 Å². The van der Waals surface area contributed by atoms with Crippen LogP contribution < -0.4 is 11.1 Å². The van der Waals surface area contributed by atoms with Crippen LogP contribution in [0.25, 0.3) is 33.2 Å². The van der Waals surface area contributed by atoms with Gasteiger partial charge in [0, 0.05) is 5.56 Å². The number of para-hydroxylation sites is 2. The fraction of sp³-hybridized carbons (Fsp3) is 0.120. The van der Waals surface area contributed by atoms with Gasteiger partial charge in [-0.05, 0) is 60.8 Å². The molecule has 0 aliphatic heterocycles. The summed E-state index contributed by atoms with van der Waals surface area (Å²) in [7, 11) is 0. The standard InChI is InChI=1S/C16H11F3N2O.C9H7ClN2O/c1-9-4-2-7-12-13(9)20-14(21-15(12)22)10-5-3-6-11(8-10)16(17,18)19;1-5-3-2-4-6-7(5)11-9(10)12-8(6)13/h2-8H,1H3,(H,20,21,22);2-4H,1H3,(H,11,12,13). The lowest BCUT2D eigenvalue weighted by atomic mass is 10.1. The molecule has 0 fully saturated rings. The van der Waals surface area contributed by atoms with Crippen molar-refractivity contribution >= 4 is 33.4 Å². The Kier molecular flexibility index (Phi) is 6.45. The number of H-pyrrole nitrogens is 2. The lowest BCUT2D eigenvalue weighted by Crippen LogP contribution is -2.11. The molecule has 0 radical (unpaired) electrons. The van der Waals surface area contributed by atoms with Crippen LogP contribution in [0.4, 0.5) is 13.2 Å². The van der Waals surface area contributed by atoms with Crippen LogP contribution in [0.5, 0.6) is 0 Å². The zero-order valence-electron chi connectivity index (χ0n) is 18.5. The molecule has 5 aromatic rings. The molecule has 0 unspecified atom stereocenters. The third-order valence-electron chi connectivity index (χ3n) is 5.31. The zero-order valence-corrected chi connectivity index (χ0v) is 19.3. The van der Waals surface area contributed by atoms with Gasteiger partial charge in [0.25, 0.3) is 11.1 Å². The van der Waals surface area contributed by atoms with E-state index in [0.717, 1.165) is 23.3 Å². The Hall–Kier alpha value is -3.98. The first-order valence-electron chi connectivity index (χ1n) is 10.4. The highest BCUT2D eigenvalue weighted by atomic mass is 35.5. The molecule has 35 heavy (non-hydrogen) atoms. The van der Waals surface area contributed by atoms with Gasteiger partial charge in [-0.25, -0.2) is 9.97 Å². The molecule has 0 saturated carbocycles. The van der Waals surface area contributed by atoms with Crippen LogP contribution in [-0.4, -0.2) is 19.9 Å². The molecule has 10 heteroatoms. The molecule has 0 spiro atoms. The second-order valence-corrected chi connectivity index (χ2v) is 8.15. The van der Waals surface area contributed by atoms with Crippen molar-refractivity contribution in [1.82, 2.24) is 19.9 Å². The van der Waals surface area contributed by atoms with Gasteiger partial charge in [-0.15, -0.1) is 0 Å². The van der Waals surface area contributed by atoms with Gasteiger partial charge in [0.05, 0.1) is 27.4 Å². The Morgan fingerprint density at radius 3 is 1.91 bits per heavy atom. The van der Waals surface area contributed by atoms with E-state index in [1.54, 1.807) is 31.2 Å². The van der Waals surface area contributed by atoms with Crippen molar-refractivity contribution in [2.75, 3.05) is 0 Å². The number of rotatable bonds is 1. The van der Waals surface area contributed by atoms with Gasteiger partial charge < -0.3 is 4.98 Å². The number of benzene rings is 3. The van der Waals surface area contributed by atoms with Crippen LogP contribution in [0.1, 0.15) is 16.7 Å². The molecule has 2 N–H and O–H groups in total. The van der Waals surface area contributed by atoms with Crippen molar-refractivity contribution in [1.29, 1.82) is 0 Å². The molecule has 5 rings (SSSR count). The van der Waals surface area contributed by atoms with Crippen LogP contribution >= 0.6 is 11.6 Å². The monoisotopic (exact) mass is 498 g/mol. The van der Waals surface area contributed by atoms with E-state index in [9.17, 15) is 22.8 Å². The quantitative estimate of drug-likeness (QED) is 0.286. The number of hydrogen-bond acceptors (Lipinski definition) is 4. The van der Waals surface area contributed by atoms with Crippen molar-refractivity contribution in [3.63, 3.8) is 0 Å². The van der Waals surface area contributed by atoms with E-state index >= 15 is 0 Å². The Labute approximate surface area is 201 Å². The Bertz CT molecular complexity index is 1680. The molecule has 6 nitrogen and oxygen atoms in total. The molecule has 0 saturated heterocycles. The normalized spacial score (nSPS) is 11.4. The number of hydrogen-bond donors (Lipinski definition) is 2. The first kappa shape index (κ1) is 24.2. The second kappa shape index (κ2) is 9.34. The summed E-state index contributed by atoms with van der Waals surface area (Å²) in [5, 5.41) is 1.12. The lowest BCUT2D eigenvalue weighted by Gasteiger charge is -2.09. The van der Waals surface area contributed by atoms with Crippen LogP contribution in [-0.2, 0) is 6.18 Å². The average Bonchev–Trinajstić information content (AvgIpc) is 2.80. The van der Waals surface area contributed by atoms with Gasteiger partial charge in [-0.2, -0.15) is 13.2 Å². The predicted octanol–water partition coefficient (Wildman–Crippen LogP) is 5.80. The first-order valence-corrected chi connectivity index (χ1v) is 10.7. The topological polar surface area (TPSA) is 91.5 Å². The fourth-order valence-corrected chi connectivity index (χ4v) is 3.73. The Morgan fingerprint density at radius 1 is 0.771 bits per heavy atom. The third kappa shape index (κ3) is 5.09. The lowest BCUT2D eigenvalue weighted by molar-refractivity contribution is -0.137. The maximum atomic E-state index is 12.8. The Balaban J connectivity index is 0.000000189. The van der Waals surface area contributed by atoms with E-state index in [4.69, 9.17) is 11.6 Å². The van der Waals surface area contributed by atoms with Crippen molar-refractivity contribution in [2.24, 2.45) is 0 Å². The number of alkyl halides is 3. The van der Waals surface area contributed by atoms with Crippen LogP contribution in [0.3, 0.4) is 0 Å². The summed E-state index contributed by atoms with van der Waals surface area (Å²) in [4.78, 5) is 36.8. The van der Waals surface area contributed by atoms with Gasteiger partial charge in [0.15, 0.2) is 0 Å². The molecular formula is C25H18ClF3N4O2. The zero-order chi connectivity index (χ0) is 25.3. The van der Waals surface area contributed by atoms with Crippen LogP contribution in [0.2, 0.25) is 5.28 Å². The molecule has 0 amide bonds. The van der Waals surface area contributed by atoms with Crippen molar-refractivity contribution in [3.05, 3.63) is 103 Å². The van der Waals surface area contributed by atoms with Crippen molar-refractivity contribution in [3.8, 4) is 11.4 Å². The number of halogens is 4. The minimum Gasteiger partial charge on any atom is -0.306 e. The van der Waals surface area contributed by atoms with Gasteiger partial charge >= 0.3 is 6.18 Å². The summed E-state index contributed by atoms with van der Waals surface area (Å²) in [5.74, 6) is 0.123. The van der Waals surface area contributed by atoms with E-state index in [2.05, 4.69) is 19.9 Å². The van der Waals surface area contributed by atoms with Crippen LogP contribution in [0.15, 0.2) is 70.3 Å². The van der Waals surface area contributed by atoms with E-state index in [1.807, 2.05) is 19.1 Å². The van der Waals surface area contributed by atoms with E-state index in [0.29, 0.717) is 21.8 Å². The molecule has 0 aliphatic carbocycles. The Morgan fingerprint density at radius 2 is 1.31 bits per heavy atom. The second-order valence-electron chi connectivity index (χ2n) is 7.79. The molecular weight excluding hydrogens is 481 g/mol. The van der Waals surface area contributed by atoms with Gasteiger partial charge in [0.2, 0.25) is 5.28 Å². The third-order valence-corrected chi connectivity index (χ3v) is 5.49. The average molecular weight is 499 g/mol. The highest BCUT2D eigenvalue weighted by Gasteiger charge is 2.30. The summed E-state index contributed by atoms with van der Waals surface area (Å²) in [5.41, 5.74) is 1.76. The molecule has 2 aromatic heterocycles.